The highest BCUT2D eigenvalue weighted by molar-refractivity contribution is 6.03. The topological polar surface area (TPSA) is 56.5 Å². The molecule has 0 N–H and O–H groups in total. The summed E-state index contributed by atoms with van der Waals surface area (Å²) >= 11 is 0. The molecule has 0 bridgehead atoms. The summed E-state index contributed by atoms with van der Waals surface area (Å²) in [5, 5.41) is 0.535. The van der Waals surface area contributed by atoms with E-state index in [1.165, 1.54) is 6.07 Å². The van der Waals surface area contributed by atoms with E-state index in [9.17, 15) is 9.59 Å². The summed E-state index contributed by atoms with van der Waals surface area (Å²) in [4.78, 5) is 25.0. The monoisotopic (exact) mass is 460 g/mol. The van der Waals surface area contributed by atoms with Crippen molar-refractivity contribution in [3.8, 4) is 0 Å². The molecule has 0 fully saturated rings. The highest BCUT2D eigenvalue weighted by Crippen LogP contribution is 2.45. The van der Waals surface area contributed by atoms with Gasteiger partial charge in [-0.1, -0.05) is 97.1 Å². The molecule has 0 aliphatic carbocycles. The molecule has 1 heterocycles. The minimum Gasteiger partial charge on any atom is -0.462 e. The van der Waals surface area contributed by atoms with Crippen molar-refractivity contribution in [2.24, 2.45) is 0 Å². The Morgan fingerprint density at radius 3 is 1.71 bits per heavy atom. The first-order valence-electron chi connectivity index (χ1n) is 11.6. The lowest BCUT2D eigenvalue weighted by Crippen LogP contribution is -2.31. The first kappa shape index (κ1) is 22.4. The third kappa shape index (κ3) is 3.93. The summed E-state index contributed by atoms with van der Waals surface area (Å²) in [6, 6.07) is 37.7. The normalized spacial score (nSPS) is 11.3. The van der Waals surface area contributed by atoms with Crippen LogP contribution in [-0.4, -0.2) is 12.6 Å². The number of carbonyl (C=O) groups is 1. The molecule has 0 aliphatic heterocycles. The van der Waals surface area contributed by atoms with Crippen molar-refractivity contribution >= 4 is 16.9 Å². The molecule has 35 heavy (non-hydrogen) atoms. The summed E-state index contributed by atoms with van der Waals surface area (Å²) in [5.74, 6) is -0.549. The Morgan fingerprint density at radius 1 is 0.714 bits per heavy atom. The van der Waals surface area contributed by atoms with Gasteiger partial charge in [-0.2, -0.15) is 0 Å². The van der Waals surface area contributed by atoms with Crippen LogP contribution in [0.25, 0.3) is 11.0 Å². The molecule has 5 aromatic rings. The summed E-state index contributed by atoms with van der Waals surface area (Å²) < 4.78 is 10.7. The zero-order valence-electron chi connectivity index (χ0n) is 19.3. The first-order chi connectivity index (χ1) is 17.1. The average molecular weight is 461 g/mol. The van der Waals surface area contributed by atoms with Crippen LogP contribution in [0.1, 0.15) is 39.5 Å². The van der Waals surface area contributed by atoms with E-state index in [2.05, 4.69) is 36.4 Å². The highest BCUT2D eigenvalue weighted by atomic mass is 16.5. The maximum Gasteiger partial charge on any atom is 0.339 e. The van der Waals surface area contributed by atoms with Gasteiger partial charge in [0.15, 0.2) is 0 Å². The van der Waals surface area contributed by atoms with Gasteiger partial charge < -0.3 is 9.15 Å². The summed E-state index contributed by atoms with van der Waals surface area (Å²) in [6.45, 7) is 1.95. The Bertz CT molecular complexity index is 1420. The molecular formula is C31H24O4. The lowest BCUT2D eigenvalue weighted by molar-refractivity contribution is 0.0528. The van der Waals surface area contributed by atoms with Gasteiger partial charge in [0.05, 0.1) is 17.6 Å². The van der Waals surface area contributed by atoms with Gasteiger partial charge in [0.25, 0.3) is 0 Å². The van der Waals surface area contributed by atoms with Crippen molar-refractivity contribution in [2.45, 2.75) is 12.3 Å². The third-order valence-corrected chi connectivity index (χ3v) is 6.29. The fraction of sp³-hybridized carbons (Fsp3) is 0.0968. The zero-order valence-corrected chi connectivity index (χ0v) is 19.3. The van der Waals surface area contributed by atoms with E-state index in [0.717, 1.165) is 22.3 Å². The predicted octanol–water partition coefficient (Wildman–Crippen LogP) is 6.35. The lowest BCUT2D eigenvalue weighted by Gasteiger charge is -2.37. The van der Waals surface area contributed by atoms with Gasteiger partial charge in [0, 0.05) is 11.5 Å². The molecule has 0 saturated carbocycles. The predicted molar refractivity (Wildman–Crippen MR) is 137 cm³/mol. The van der Waals surface area contributed by atoms with Crippen LogP contribution in [0.15, 0.2) is 124 Å². The quantitative estimate of drug-likeness (QED) is 0.168. The van der Waals surface area contributed by atoms with Gasteiger partial charge in [-0.25, -0.2) is 9.59 Å². The SMILES string of the molecule is CCOC(=O)c1cc(=O)oc2ccc(C(c3ccccc3)(c3ccccc3)c3ccccc3)cc12. The van der Waals surface area contributed by atoms with Crippen LogP contribution in [0.5, 0.6) is 0 Å². The fourth-order valence-corrected chi connectivity index (χ4v) is 4.84. The molecule has 0 radical (unpaired) electrons. The van der Waals surface area contributed by atoms with Crippen LogP contribution >= 0.6 is 0 Å². The molecule has 1 aromatic heterocycles. The van der Waals surface area contributed by atoms with E-state index >= 15 is 0 Å². The molecule has 0 amide bonds. The Labute approximate surface area is 203 Å². The fourth-order valence-electron chi connectivity index (χ4n) is 4.84. The van der Waals surface area contributed by atoms with Crippen LogP contribution in [0.2, 0.25) is 0 Å². The number of carbonyl (C=O) groups excluding carboxylic acids is 1. The molecule has 172 valence electrons. The number of fused-ring (bicyclic) bond motifs is 1. The molecule has 0 unspecified atom stereocenters. The molecule has 0 saturated heterocycles. The van der Waals surface area contributed by atoms with E-state index in [1.54, 1.807) is 13.0 Å². The second-order valence-electron chi connectivity index (χ2n) is 8.26. The molecule has 4 aromatic carbocycles. The summed E-state index contributed by atoms with van der Waals surface area (Å²) in [7, 11) is 0. The Morgan fingerprint density at radius 2 is 1.23 bits per heavy atom. The summed E-state index contributed by atoms with van der Waals surface area (Å²) in [6.07, 6.45) is 0. The number of esters is 1. The van der Waals surface area contributed by atoms with Crippen LogP contribution in [0.3, 0.4) is 0 Å². The number of rotatable bonds is 6. The molecular weight excluding hydrogens is 436 g/mol. The van der Waals surface area contributed by atoms with Crippen molar-refractivity contribution in [3.05, 3.63) is 153 Å². The zero-order chi connectivity index (χ0) is 24.3. The van der Waals surface area contributed by atoms with Crippen molar-refractivity contribution in [2.75, 3.05) is 6.61 Å². The molecule has 4 nitrogen and oxygen atoms in total. The minimum absolute atomic E-state index is 0.197. The molecule has 0 aliphatic rings. The van der Waals surface area contributed by atoms with Gasteiger partial charge in [-0.05, 0) is 41.3 Å². The van der Waals surface area contributed by atoms with Crippen molar-refractivity contribution in [3.63, 3.8) is 0 Å². The number of ether oxygens (including phenoxy) is 1. The number of benzene rings is 4. The van der Waals surface area contributed by atoms with Crippen LogP contribution in [0.4, 0.5) is 0 Å². The van der Waals surface area contributed by atoms with Gasteiger partial charge >= 0.3 is 11.6 Å². The van der Waals surface area contributed by atoms with Gasteiger partial charge in [-0.15, -0.1) is 0 Å². The van der Waals surface area contributed by atoms with Crippen LogP contribution < -0.4 is 5.63 Å². The third-order valence-electron chi connectivity index (χ3n) is 6.29. The number of hydrogen-bond donors (Lipinski definition) is 0. The van der Waals surface area contributed by atoms with Crippen molar-refractivity contribution in [1.29, 1.82) is 0 Å². The maximum atomic E-state index is 12.8. The standard InChI is InChI=1S/C31H24O4/c1-2-34-30(33)27-21-29(32)35-28-19-18-25(20-26(27)28)31(22-12-6-3-7-13-22,23-14-8-4-9-15-23)24-16-10-5-11-17-24/h3-21H,2H2,1H3. The molecule has 0 spiro atoms. The van der Waals surface area contributed by atoms with E-state index in [4.69, 9.17) is 9.15 Å². The van der Waals surface area contributed by atoms with E-state index in [1.807, 2.05) is 66.7 Å². The second-order valence-corrected chi connectivity index (χ2v) is 8.26. The molecule has 4 heteroatoms. The van der Waals surface area contributed by atoms with Gasteiger partial charge in [0.1, 0.15) is 5.58 Å². The van der Waals surface area contributed by atoms with Crippen LogP contribution in [-0.2, 0) is 10.2 Å². The van der Waals surface area contributed by atoms with Gasteiger partial charge in [0.2, 0.25) is 0 Å². The lowest BCUT2D eigenvalue weighted by atomic mass is 9.65. The number of hydrogen-bond acceptors (Lipinski definition) is 4. The highest BCUT2D eigenvalue weighted by Gasteiger charge is 2.38. The Hall–Kier alpha value is -4.44. The van der Waals surface area contributed by atoms with E-state index in [-0.39, 0.29) is 12.2 Å². The Balaban J connectivity index is 1.90. The largest absolute Gasteiger partial charge is 0.462 e. The van der Waals surface area contributed by atoms with E-state index < -0.39 is 17.0 Å². The van der Waals surface area contributed by atoms with Gasteiger partial charge in [-0.3, -0.25) is 0 Å². The smallest absolute Gasteiger partial charge is 0.339 e. The summed E-state index contributed by atoms with van der Waals surface area (Å²) in [5.41, 5.74) is 3.43. The minimum atomic E-state index is -0.681. The second kappa shape index (κ2) is 9.43. The Kier molecular flexibility index (Phi) is 6.02. The molecule has 5 rings (SSSR count). The van der Waals surface area contributed by atoms with Crippen molar-refractivity contribution in [1.82, 2.24) is 0 Å². The van der Waals surface area contributed by atoms with E-state index in [0.29, 0.717) is 11.0 Å². The van der Waals surface area contributed by atoms with Crippen molar-refractivity contribution < 1.29 is 13.9 Å². The maximum absolute atomic E-state index is 12.8. The molecule has 0 atom stereocenters. The van der Waals surface area contributed by atoms with Crippen LogP contribution in [0, 0.1) is 0 Å². The first-order valence-corrected chi connectivity index (χ1v) is 11.6. The average Bonchev–Trinajstić information content (AvgIpc) is 2.91.